The molecule has 0 aliphatic heterocycles. The van der Waals surface area contributed by atoms with Crippen LogP contribution in [0, 0.1) is 13.8 Å². The number of sulfonamides is 1. The first kappa shape index (κ1) is 19.0. The van der Waals surface area contributed by atoms with Crippen LogP contribution in [0.3, 0.4) is 0 Å². The fraction of sp³-hybridized carbons (Fsp3) is 0.278. The first-order valence-electron chi connectivity index (χ1n) is 7.78. The number of ether oxygens (including phenoxy) is 1. The van der Waals surface area contributed by atoms with Crippen molar-refractivity contribution in [3.05, 3.63) is 53.6 Å². The molecule has 0 saturated carbocycles. The molecule has 2 aromatic rings. The minimum atomic E-state index is -3.81. The minimum Gasteiger partial charge on any atom is -0.497 e. The van der Waals surface area contributed by atoms with E-state index in [-0.39, 0.29) is 4.90 Å². The molecule has 0 spiro atoms. The third-order valence-electron chi connectivity index (χ3n) is 3.96. The molecule has 0 saturated heterocycles. The normalized spacial score (nSPS) is 12.5. The quantitative estimate of drug-likeness (QED) is 0.827. The standard InChI is InChI=1S/C18H22N2O4S/c1-12-6-5-7-17(13(12)2)19-18(21)14(3)20-25(22,23)16-10-8-15(24-4)9-11-16/h5-11,14,20H,1-4H3,(H,19,21)/t14-/m1/s1. The Labute approximate surface area is 148 Å². The zero-order valence-electron chi connectivity index (χ0n) is 14.7. The van der Waals surface area contributed by atoms with Gasteiger partial charge in [-0.05, 0) is 62.2 Å². The summed E-state index contributed by atoms with van der Waals surface area (Å²) < 4.78 is 32.2. The molecule has 2 rings (SSSR count). The molecule has 134 valence electrons. The van der Waals surface area contributed by atoms with Gasteiger partial charge < -0.3 is 10.1 Å². The molecule has 0 fully saturated rings. The molecular weight excluding hydrogens is 340 g/mol. The van der Waals surface area contributed by atoms with Crippen molar-refractivity contribution in [3.63, 3.8) is 0 Å². The Kier molecular flexibility index (Phi) is 5.81. The molecule has 7 heteroatoms. The van der Waals surface area contributed by atoms with E-state index < -0.39 is 22.0 Å². The lowest BCUT2D eigenvalue weighted by atomic mass is 10.1. The lowest BCUT2D eigenvalue weighted by Crippen LogP contribution is -2.41. The lowest BCUT2D eigenvalue weighted by Gasteiger charge is -2.16. The summed E-state index contributed by atoms with van der Waals surface area (Å²) in [6.07, 6.45) is 0. The van der Waals surface area contributed by atoms with Gasteiger partial charge in [-0.1, -0.05) is 12.1 Å². The van der Waals surface area contributed by atoms with Gasteiger partial charge in [-0.25, -0.2) is 8.42 Å². The number of rotatable bonds is 6. The fourth-order valence-corrected chi connectivity index (χ4v) is 3.44. The lowest BCUT2D eigenvalue weighted by molar-refractivity contribution is -0.117. The summed E-state index contributed by atoms with van der Waals surface area (Å²) in [5, 5.41) is 2.76. The number of benzene rings is 2. The van der Waals surface area contributed by atoms with Crippen LogP contribution >= 0.6 is 0 Å². The van der Waals surface area contributed by atoms with Crippen LogP contribution in [-0.2, 0) is 14.8 Å². The van der Waals surface area contributed by atoms with Crippen LogP contribution in [0.25, 0.3) is 0 Å². The third kappa shape index (κ3) is 4.58. The molecule has 0 heterocycles. The van der Waals surface area contributed by atoms with Crippen molar-refractivity contribution in [1.29, 1.82) is 0 Å². The first-order chi connectivity index (χ1) is 11.7. The average molecular weight is 362 g/mol. The minimum absolute atomic E-state index is 0.0692. The van der Waals surface area contributed by atoms with Crippen molar-refractivity contribution in [2.24, 2.45) is 0 Å². The highest BCUT2D eigenvalue weighted by molar-refractivity contribution is 7.89. The molecule has 2 aromatic carbocycles. The number of methoxy groups -OCH3 is 1. The second-order valence-corrected chi connectivity index (χ2v) is 7.47. The van der Waals surface area contributed by atoms with E-state index in [1.165, 1.54) is 26.2 Å². The van der Waals surface area contributed by atoms with E-state index in [9.17, 15) is 13.2 Å². The number of aryl methyl sites for hydroxylation is 1. The average Bonchev–Trinajstić information content (AvgIpc) is 2.58. The molecule has 0 aliphatic rings. The van der Waals surface area contributed by atoms with Crippen molar-refractivity contribution < 1.29 is 17.9 Å². The molecule has 0 aliphatic carbocycles. The van der Waals surface area contributed by atoms with Crippen molar-refractivity contribution >= 4 is 21.6 Å². The predicted octanol–water partition coefficient (Wildman–Crippen LogP) is 2.62. The van der Waals surface area contributed by atoms with Gasteiger partial charge in [-0.3, -0.25) is 4.79 Å². The van der Waals surface area contributed by atoms with Crippen LogP contribution in [0.2, 0.25) is 0 Å². The maximum absolute atomic E-state index is 12.4. The van der Waals surface area contributed by atoms with Crippen molar-refractivity contribution in [3.8, 4) is 5.75 Å². The van der Waals surface area contributed by atoms with Crippen LogP contribution in [-0.4, -0.2) is 27.5 Å². The molecule has 0 aromatic heterocycles. The zero-order chi connectivity index (χ0) is 18.6. The number of hydrogen-bond donors (Lipinski definition) is 2. The Hall–Kier alpha value is -2.38. The molecule has 0 radical (unpaired) electrons. The second kappa shape index (κ2) is 7.67. The third-order valence-corrected chi connectivity index (χ3v) is 5.51. The highest BCUT2D eigenvalue weighted by Crippen LogP contribution is 2.19. The summed E-state index contributed by atoms with van der Waals surface area (Å²) in [6, 6.07) is 10.6. The Balaban J connectivity index is 2.10. The zero-order valence-corrected chi connectivity index (χ0v) is 15.5. The summed E-state index contributed by atoms with van der Waals surface area (Å²) in [6.45, 7) is 5.35. The van der Waals surface area contributed by atoms with Crippen molar-refractivity contribution in [2.45, 2.75) is 31.7 Å². The van der Waals surface area contributed by atoms with Crippen LogP contribution in [0.1, 0.15) is 18.1 Å². The van der Waals surface area contributed by atoms with Crippen LogP contribution in [0.4, 0.5) is 5.69 Å². The number of carbonyl (C=O) groups excluding carboxylic acids is 1. The van der Waals surface area contributed by atoms with Gasteiger partial charge in [0.15, 0.2) is 0 Å². The van der Waals surface area contributed by atoms with Crippen LogP contribution < -0.4 is 14.8 Å². The molecule has 0 unspecified atom stereocenters. The van der Waals surface area contributed by atoms with E-state index in [1.807, 2.05) is 26.0 Å². The highest BCUT2D eigenvalue weighted by atomic mass is 32.2. The van der Waals surface area contributed by atoms with Crippen molar-refractivity contribution in [2.75, 3.05) is 12.4 Å². The molecule has 25 heavy (non-hydrogen) atoms. The topological polar surface area (TPSA) is 84.5 Å². The second-order valence-electron chi connectivity index (χ2n) is 5.76. The summed E-state index contributed by atoms with van der Waals surface area (Å²) in [4.78, 5) is 12.4. The SMILES string of the molecule is COc1ccc(S(=O)(=O)N[C@H](C)C(=O)Nc2cccc(C)c2C)cc1. The Morgan fingerprint density at radius 2 is 1.72 bits per heavy atom. The number of amides is 1. The maximum Gasteiger partial charge on any atom is 0.242 e. The van der Waals surface area contributed by atoms with Crippen LogP contribution in [0.15, 0.2) is 47.4 Å². The van der Waals surface area contributed by atoms with E-state index in [2.05, 4.69) is 10.0 Å². The monoisotopic (exact) mass is 362 g/mol. The molecule has 2 N–H and O–H groups in total. The van der Waals surface area contributed by atoms with E-state index in [0.717, 1.165) is 11.1 Å². The summed E-state index contributed by atoms with van der Waals surface area (Å²) in [5.74, 6) is 0.130. The van der Waals surface area contributed by atoms with Gasteiger partial charge in [0.1, 0.15) is 5.75 Å². The molecule has 1 atom stereocenters. The smallest absolute Gasteiger partial charge is 0.242 e. The molecule has 6 nitrogen and oxygen atoms in total. The number of anilines is 1. The number of hydrogen-bond acceptors (Lipinski definition) is 4. The van der Waals surface area contributed by atoms with Gasteiger partial charge in [0.25, 0.3) is 0 Å². The maximum atomic E-state index is 12.4. The first-order valence-corrected chi connectivity index (χ1v) is 9.26. The van der Waals surface area contributed by atoms with Crippen molar-refractivity contribution in [1.82, 2.24) is 4.72 Å². The van der Waals surface area contributed by atoms with Crippen LogP contribution in [0.5, 0.6) is 5.75 Å². The fourth-order valence-electron chi connectivity index (χ4n) is 2.24. The molecular formula is C18H22N2O4S. The van der Waals surface area contributed by atoms with Gasteiger partial charge in [0.05, 0.1) is 18.0 Å². The summed E-state index contributed by atoms with van der Waals surface area (Å²) in [5.41, 5.74) is 2.66. The van der Waals surface area contributed by atoms with E-state index in [0.29, 0.717) is 11.4 Å². The Bertz CT molecular complexity index is 861. The van der Waals surface area contributed by atoms with E-state index >= 15 is 0 Å². The molecule has 0 bridgehead atoms. The van der Waals surface area contributed by atoms with Gasteiger partial charge in [0.2, 0.25) is 15.9 Å². The Morgan fingerprint density at radius 1 is 1.08 bits per heavy atom. The predicted molar refractivity (Wildman–Crippen MR) is 97.3 cm³/mol. The number of carbonyl (C=O) groups is 1. The van der Waals surface area contributed by atoms with Gasteiger partial charge in [0, 0.05) is 5.69 Å². The van der Waals surface area contributed by atoms with Gasteiger partial charge in [-0.15, -0.1) is 0 Å². The van der Waals surface area contributed by atoms with E-state index in [1.54, 1.807) is 18.2 Å². The molecule has 1 amide bonds. The van der Waals surface area contributed by atoms with Gasteiger partial charge >= 0.3 is 0 Å². The Morgan fingerprint density at radius 3 is 2.32 bits per heavy atom. The van der Waals surface area contributed by atoms with Gasteiger partial charge in [-0.2, -0.15) is 4.72 Å². The highest BCUT2D eigenvalue weighted by Gasteiger charge is 2.22. The number of nitrogens with one attached hydrogen (secondary N) is 2. The summed E-state index contributed by atoms with van der Waals surface area (Å²) in [7, 11) is -2.31. The van der Waals surface area contributed by atoms with E-state index in [4.69, 9.17) is 4.74 Å². The summed E-state index contributed by atoms with van der Waals surface area (Å²) >= 11 is 0. The largest absolute Gasteiger partial charge is 0.497 e.